The molecule has 8 amide bonds. The molecule has 36 heteroatoms. The number of hydrogen-bond donors (Lipinski definition) is 12. The van der Waals surface area contributed by atoms with Crippen LogP contribution in [0.25, 0.3) is 41.8 Å². The van der Waals surface area contributed by atoms with Gasteiger partial charge in [0.15, 0.2) is 20.0 Å². The standard InChI is InChI=1S/C27H35N5O3S.C26H33N5O3S.2C25H35N5O3S/c1-14-11-22(29-15(2)16-3-4-16)28-13-21(14)24-23(27(35)32-18-6-7-19(32)9-8-18)31-26(36-24)25(34)30-17-5-10-20(33)12-17;1-13-11-21(28-14(2)15-3-4-15)27-12-18(13)23-22(26(34)31-16-5-6-17(31)8-7-16)30-25(35-23)24(33)29-19-9-10-20(19)32;2*1-13(2)27-19-11-14(3)18(12-26-19)21-20(24(32)30-16-7-8-17(30)10-9-16)29-23(34-21)22(31)28-15(4)25(5,6)33/h11,13,15-20,33H,3-10,12H2,1-2H3,(H,28,29)(H,30,34);11-12,14-17,19-20,32H,3-10H2,1-2H3,(H,27,28)(H,29,33);2*11-13,15-17,33H,7-10H2,1-6H3,(H,26,27)(H,28,31)/t15-,17+,18?,19?,20+;14-,16?,17?,19+,20+;2*15-,16?,17?/m1110/s1. The number of hydrogen-bond acceptors (Lipinski definition) is 28. The van der Waals surface area contributed by atoms with Gasteiger partial charge in [-0.3, -0.25) is 38.4 Å². The summed E-state index contributed by atoms with van der Waals surface area (Å²) in [5, 5.41) is 66.3. The Balaban J connectivity index is 0.000000128. The molecule has 12 aliphatic rings. The summed E-state index contributed by atoms with van der Waals surface area (Å²) in [4.78, 5) is 155. The lowest BCUT2D eigenvalue weighted by Crippen LogP contribution is -2.50. The Morgan fingerprint density at radius 2 is 0.619 bits per heavy atom. The summed E-state index contributed by atoms with van der Waals surface area (Å²) in [7, 11) is 0. The maximum Gasteiger partial charge on any atom is 0.280 e. The maximum atomic E-state index is 13.8. The molecule has 746 valence electrons. The summed E-state index contributed by atoms with van der Waals surface area (Å²) in [6.07, 6.45) is 31.4. The fourth-order valence-electron chi connectivity index (χ4n) is 21.5. The molecule has 8 saturated heterocycles. The zero-order valence-electron chi connectivity index (χ0n) is 82.9. The molecule has 0 radical (unpaired) electrons. The molecule has 8 bridgehead atoms. The number of nitrogens with zero attached hydrogens (tertiary/aromatic N) is 12. The van der Waals surface area contributed by atoms with Gasteiger partial charge in [-0.25, -0.2) is 39.9 Å². The van der Waals surface area contributed by atoms with Crippen LogP contribution in [0.2, 0.25) is 0 Å². The van der Waals surface area contributed by atoms with Gasteiger partial charge in [0.1, 0.15) is 46.0 Å². The van der Waals surface area contributed by atoms with Crippen molar-refractivity contribution in [2.24, 2.45) is 11.8 Å². The van der Waals surface area contributed by atoms with Crippen LogP contribution in [0.4, 0.5) is 23.3 Å². The summed E-state index contributed by atoms with van der Waals surface area (Å²) >= 11 is 4.92. The summed E-state index contributed by atoms with van der Waals surface area (Å²) in [6, 6.07) is 10.1. The molecule has 12 N–H and O–H groups in total. The van der Waals surface area contributed by atoms with Crippen molar-refractivity contribution in [3.05, 3.63) is 114 Å². The highest BCUT2D eigenvalue weighted by atomic mass is 32.1. The van der Waals surface area contributed by atoms with Crippen molar-refractivity contribution < 1.29 is 58.8 Å². The van der Waals surface area contributed by atoms with Gasteiger partial charge in [-0.05, 0) is 330 Å². The number of amides is 8. The molecule has 8 aromatic heterocycles. The van der Waals surface area contributed by atoms with Gasteiger partial charge in [0.25, 0.3) is 47.3 Å². The van der Waals surface area contributed by atoms with E-state index in [1.54, 1.807) is 60.1 Å². The number of aromatic nitrogens is 8. The molecule has 16 heterocycles. The Bertz CT molecular complexity index is 5680. The molecule has 12 fully saturated rings. The summed E-state index contributed by atoms with van der Waals surface area (Å²) in [5.74, 6) is 2.90. The van der Waals surface area contributed by atoms with Crippen LogP contribution >= 0.6 is 45.3 Å². The van der Waals surface area contributed by atoms with E-state index in [-0.39, 0.29) is 129 Å². The third-order valence-corrected chi connectivity index (χ3v) is 35.0. The Kier molecular flexibility index (Phi) is 30.0. The number of thiazole rings is 4. The largest absolute Gasteiger partial charge is 0.393 e. The van der Waals surface area contributed by atoms with E-state index in [4.69, 9.17) is 0 Å². The van der Waals surface area contributed by atoms with E-state index in [0.717, 1.165) is 194 Å². The molecule has 139 heavy (non-hydrogen) atoms. The number of aryl methyl sites for hydroxylation is 4. The SMILES string of the molecule is Cc1cc(NC(C)C)ncc1-c1sc(C(=O)N[C@@H](C)C(C)(C)O)nc1C(=O)N1C2CCC1CC2.Cc1cc(NC(C)C)ncc1-c1sc(C(=O)N[C@H](C)C(C)(C)O)nc1C(=O)N1C2CCC1CC2.Cc1cc(N[C@H](C)C2CC2)ncc1-c1sc(C(=O)N[C@H]2CC[C@@H]2O)nc1C(=O)N1C2CCC1CC2.Cc1cc(N[C@H](C)C2CC2)ncc1-c1sc(C(=O)N[C@H]2CC[C@H](O)C2)nc1C(=O)N1C2CCC1CC2. The van der Waals surface area contributed by atoms with Gasteiger partial charge in [-0.2, -0.15) is 0 Å². The molecule has 0 spiro atoms. The molecule has 8 aliphatic heterocycles. The first kappa shape index (κ1) is 100. The lowest BCUT2D eigenvalue weighted by atomic mass is 9.89. The average molecular weight is 1980 g/mol. The van der Waals surface area contributed by atoms with Gasteiger partial charge < -0.3 is 82.6 Å². The third-order valence-electron chi connectivity index (χ3n) is 30.7. The average Bonchev–Trinajstić information content (AvgIpc) is 1.62. The molecule has 4 saturated carbocycles. The first-order valence-electron chi connectivity index (χ1n) is 50.5. The van der Waals surface area contributed by atoms with Gasteiger partial charge in [-0.1, -0.05) is 0 Å². The van der Waals surface area contributed by atoms with E-state index >= 15 is 0 Å². The van der Waals surface area contributed by atoms with Gasteiger partial charge in [0.05, 0.1) is 61.0 Å². The molecule has 8 aromatic rings. The Labute approximate surface area is 830 Å². The van der Waals surface area contributed by atoms with Crippen LogP contribution in [-0.2, 0) is 0 Å². The highest BCUT2D eigenvalue weighted by Gasteiger charge is 2.50. The van der Waals surface area contributed by atoms with Crippen molar-refractivity contribution in [2.75, 3.05) is 21.3 Å². The van der Waals surface area contributed by atoms with E-state index in [0.29, 0.717) is 79.7 Å². The first-order valence-corrected chi connectivity index (χ1v) is 53.8. The predicted molar refractivity (Wildman–Crippen MR) is 542 cm³/mol. The van der Waals surface area contributed by atoms with Crippen LogP contribution in [0.1, 0.15) is 347 Å². The smallest absolute Gasteiger partial charge is 0.280 e. The summed E-state index contributed by atoms with van der Waals surface area (Å²) in [5.41, 5.74) is 6.40. The van der Waals surface area contributed by atoms with Gasteiger partial charge in [0.2, 0.25) is 0 Å². The van der Waals surface area contributed by atoms with Gasteiger partial charge in [-0.15, -0.1) is 45.3 Å². The van der Waals surface area contributed by atoms with Crippen LogP contribution in [0.5, 0.6) is 0 Å². The molecule has 8 atom stereocenters. The van der Waals surface area contributed by atoms with E-state index in [1.807, 2.05) is 77.8 Å². The predicted octanol–water partition coefficient (Wildman–Crippen LogP) is 15.9. The highest BCUT2D eigenvalue weighted by Crippen LogP contribution is 2.48. The molecule has 0 unspecified atom stereocenters. The monoisotopic (exact) mass is 1970 g/mol. The Morgan fingerprint density at radius 3 is 0.842 bits per heavy atom. The van der Waals surface area contributed by atoms with E-state index < -0.39 is 41.2 Å². The number of anilines is 4. The summed E-state index contributed by atoms with van der Waals surface area (Å²) < 4.78 is 0. The zero-order valence-corrected chi connectivity index (χ0v) is 86.2. The Morgan fingerprint density at radius 1 is 0.353 bits per heavy atom. The lowest BCUT2D eigenvalue weighted by Gasteiger charge is -2.32. The van der Waals surface area contributed by atoms with Crippen molar-refractivity contribution in [1.29, 1.82) is 0 Å². The van der Waals surface area contributed by atoms with Crippen LogP contribution in [0.3, 0.4) is 0 Å². The third kappa shape index (κ3) is 22.3. The zero-order chi connectivity index (χ0) is 98.8. The minimum Gasteiger partial charge on any atom is -0.393 e. The van der Waals surface area contributed by atoms with Crippen molar-refractivity contribution >= 4 is 116 Å². The molecule has 4 aliphatic carbocycles. The quantitative estimate of drug-likeness (QED) is 0.0217. The molecule has 0 aromatic carbocycles. The summed E-state index contributed by atoms with van der Waals surface area (Å²) in [6.45, 7) is 30.7. The van der Waals surface area contributed by atoms with Crippen LogP contribution in [0.15, 0.2) is 49.1 Å². The maximum absolute atomic E-state index is 13.8. The highest BCUT2D eigenvalue weighted by molar-refractivity contribution is 7.18. The fourth-order valence-corrected chi connectivity index (χ4v) is 25.6. The van der Waals surface area contributed by atoms with Gasteiger partial charge >= 0.3 is 0 Å². The van der Waals surface area contributed by atoms with Crippen molar-refractivity contribution in [3.8, 4) is 41.8 Å². The number of pyridine rings is 4. The number of aliphatic hydroxyl groups is 4. The molecule has 20 rings (SSSR count). The van der Waals surface area contributed by atoms with Gasteiger partial charge in [0, 0.05) is 126 Å². The number of rotatable bonds is 28. The molecular weight excluding hydrogens is 1840 g/mol. The number of carbonyl (C=O) groups is 8. The first-order chi connectivity index (χ1) is 66.2. The molecule has 32 nitrogen and oxygen atoms in total. The fraction of sp³-hybridized carbons (Fsp3) is 0.612. The van der Waals surface area contributed by atoms with Crippen LogP contribution in [-0.4, -0.2) is 247 Å². The van der Waals surface area contributed by atoms with Crippen LogP contribution in [0, 0.1) is 39.5 Å². The second kappa shape index (κ2) is 41.5. The van der Waals surface area contributed by atoms with E-state index in [1.165, 1.54) is 71.0 Å². The minimum absolute atomic E-state index is 0.0596. The minimum atomic E-state index is -1.08. The van der Waals surface area contributed by atoms with E-state index in [9.17, 15) is 58.8 Å². The van der Waals surface area contributed by atoms with Crippen molar-refractivity contribution in [2.45, 2.75) is 391 Å². The van der Waals surface area contributed by atoms with Crippen molar-refractivity contribution in [1.82, 2.24) is 80.7 Å². The van der Waals surface area contributed by atoms with E-state index in [2.05, 4.69) is 124 Å². The lowest BCUT2D eigenvalue weighted by molar-refractivity contribution is 0.0408. The number of nitrogens with one attached hydrogen (secondary N) is 8. The number of fused-ring (bicyclic) bond motifs is 8. The Hall–Kier alpha value is -10.1. The number of aliphatic hydroxyl groups excluding tert-OH is 2. The van der Waals surface area contributed by atoms with Crippen molar-refractivity contribution in [3.63, 3.8) is 0 Å². The number of carbonyl (C=O) groups excluding carboxylic acids is 8. The second-order valence-electron chi connectivity index (χ2n) is 42.7. The topological polar surface area (TPSA) is 430 Å². The normalized spacial score (nSPS) is 24.4. The van der Waals surface area contributed by atoms with Crippen LogP contribution < -0.4 is 42.5 Å². The molecular formula is C103H138N20O12S4. The second-order valence-corrected chi connectivity index (χ2v) is 46.7.